The lowest BCUT2D eigenvalue weighted by molar-refractivity contribution is 0.0200. The van der Waals surface area contributed by atoms with Gasteiger partial charge in [0.25, 0.3) is 0 Å². The third-order valence-electron chi connectivity index (χ3n) is 6.46. The summed E-state index contributed by atoms with van der Waals surface area (Å²) in [6, 6.07) is 0. The zero-order valence-corrected chi connectivity index (χ0v) is 20.3. The Labute approximate surface area is 183 Å². The van der Waals surface area contributed by atoms with Crippen molar-refractivity contribution in [2.75, 3.05) is 26.2 Å². The molecule has 2 heteroatoms. The van der Waals surface area contributed by atoms with Crippen molar-refractivity contribution in [1.29, 1.82) is 0 Å². The molecule has 1 saturated heterocycles. The fourth-order valence-electron chi connectivity index (χ4n) is 4.45. The van der Waals surface area contributed by atoms with Crippen LogP contribution in [-0.4, -0.2) is 37.2 Å². The molecular formula is C27H51NO. The Morgan fingerprint density at radius 3 is 2.14 bits per heavy atom. The van der Waals surface area contributed by atoms with Gasteiger partial charge in [0.1, 0.15) is 6.61 Å². The maximum atomic E-state index is 6.07. The van der Waals surface area contributed by atoms with Gasteiger partial charge < -0.3 is 9.64 Å². The molecule has 2 atom stereocenters. The highest BCUT2D eigenvalue weighted by Crippen LogP contribution is 2.21. The Balaban J connectivity index is 2.21. The number of piperidine rings is 1. The molecule has 1 rings (SSSR count). The maximum absolute atomic E-state index is 6.07. The quantitative estimate of drug-likeness (QED) is 0.195. The number of likely N-dealkylation sites (tertiary alicyclic amines) is 1. The zero-order chi connectivity index (χ0) is 21.2. The van der Waals surface area contributed by atoms with Crippen LogP contribution in [0.4, 0.5) is 0 Å². The molecule has 0 aromatic rings. The zero-order valence-electron chi connectivity index (χ0n) is 20.3. The van der Waals surface area contributed by atoms with Gasteiger partial charge in [-0.25, -0.2) is 0 Å². The van der Waals surface area contributed by atoms with Crippen LogP contribution in [0.15, 0.2) is 0 Å². The molecule has 1 aliphatic heterocycles. The van der Waals surface area contributed by atoms with Crippen LogP contribution in [0.25, 0.3) is 0 Å². The van der Waals surface area contributed by atoms with Crippen LogP contribution in [0.3, 0.4) is 0 Å². The van der Waals surface area contributed by atoms with Gasteiger partial charge in [-0.1, -0.05) is 97.3 Å². The molecule has 0 amide bonds. The van der Waals surface area contributed by atoms with E-state index in [9.17, 15) is 0 Å². The van der Waals surface area contributed by atoms with Gasteiger partial charge in [-0.15, -0.1) is 0 Å². The molecule has 0 aliphatic carbocycles. The highest BCUT2D eigenvalue weighted by Gasteiger charge is 2.21. The van der Waals surface area contributed by atoms with Gasteiger partial charge in [-0.2, -0.15) is 0 Å². The summed E-state index contributed by atoms with van der Waals surface area (Å²) in [5.74, 6) is 8.08. The van der Waals surface area contributed by atoms with E-state index >= 15 is 0 Å². The van der Waals surface area contributed by atoms with Gasteiger partial charge in [0.15, 0.2) is 0 Å². The molecule has 0 N–H and O–H groups in total. The lowest BCUT2D eigenvalue weighted by Crippen LogP contribution is -2.39. The van der Waals surface area contributed by atoms with E-state index in [0.29, 0.717) is 18.6 Å². The molecule has 0 saturated carbocycles. The second-order valence-corrected chi connectivity index (χ2v) is 9.39. The Hall–Kier alpha value is -0.520. The fraction of sp³-hybridized carbons (Fsp3) is 0.926. The highest BCUT2D eigenvalue weighted by atomic mass is 16.5. The van der Waals surface area contributed by atoms with Gasteiger partial charge in [-0.05, 0) is 38.0 Å². The third kappa shape index (κ3) is 14.2. The van der Waals surface area contributed by atoms with Crippen LogP contribution < -0.4 is 0 Å². The monoisotopic (exact) mass is 405 g/mol. The van der Waals surface area contributed by atoms with Crippen molar-refractivity contribution in [3.05, 3.63) is 0 Å². The molecular weight excluding hydrogens is 354 g/mol. The highest BCUT2D eigenvalue weighted by molar-refractivity contribution is 5.02. The van der Waals surface area contributed by atoms with Crippen molar-refractivity contribution < 1.29 is 4.74 Å². The minimum absolute atomic E-state index is 0.426. The normalized spacial score (nSPS) is 17.7. The van der Waals surface area contributed by atoms with Gasteiger partial charge in [-0.3, -0.25) is 0 Å². The van der Waals surface area contributed by atoms with Crippen LogP contribution in [0.5, 0.6) is 0 Å². The van der Waals surface area contributed by atoms with Gasteiger partial charge >= 0.3 is 0 Å². The molecule has 1 aliphatic rings. The molecule has 2 nitrogen and oxygen atoms in total. The minimum atomic E-state index is 0.426. The number of hydrogen-bond donors (Lipinski definition) is 0. The number of hydrogen-bond acceptors (Lipinski definition) is 2. The second kappa shape index (κ2) is 18.3. The Morgan fingerprint density at radius 2 is 1.45 bits per heavy atom. The lowest BCUT2D eigenvalue weighted by atomic mass is 9.93. The Kier molecular flexibility index (Phi) is 16.7. The summed E-state index contributed by atoms with van der Waals surface area (Å²) < 4.78 is 6.07. The predicted octanol–water partition coefficient (Wildman–Crippen LogP) is 7.46. The average Bonchev–Trinajstić information content (AvgIpc) is 2.73. The first-order valence-corrected chi connectivity index (χ1v) is 13.0. The number of nitrogens with zero attached hydrogens (tertiary/aromatic N) is 1. The summed E-state index contributed by atoms with van der Waals surface area (Å²) in [6.07, 6.45) is 19.1. The van der Waals surface area contributed by atoms with Crippen LogP contribution in [0.1, 0.15) is 118 Å². The first kappa shape index (κ1) is 26.5. The Bertz CT molecular complexity index is 416. The number of rotatable bonds is 16. The largest absolute Gasteiger partial charge is 0.365 e. The minimum Gasteiger partial charge on any atom is -0.365 e. The summed E-state index contributed by atoms with van der Waals surface area (Å²) in [7, 11) is 0. The molecule has 0 spiro atoms. The first-order chi connectivity index (χ1) is 14.2. The summed E-state index contributed by atoms with van der Waals surface area (Å²) >= 11 is 0. The molecule has 1 heterocycles. The number of ether oxygens (including phenoxy) is 1. The van der Waals surface area contributed by atoms with Crippen LogP contribution in [-0.2, 0) is 4.74 Å². The molecule has 0 bridgehead atoms. The molecule has 170 valence electrons. The van der Waals surface area contributed by atoms with Crippen molar-refractivity contribution in [2.24, 2.45) is 11.8 Å². The van der Waals surface area contributed by atoms with E-state index in [0.717, 1.165) is 5.92 Å². The molecule has 1 fully saturated rings. The maximum Gasteiger partial charge on any atom is 0.108 e. The molecule has 29 heavy (non-hydrogen) atoms. The van der Waals surface area contributed by atoms with Crippen molar-refractivity contribution in [1.82, 2.24) is 4.90 Å². The van der Waals surface area contributed by atoms with E-state index in [4.69, 9.17) is 4.74 Å². The summed E-state index contributed by atoms with van der Waals surface area (Å²) in [6.45, 7) is 13.5. The lowest BCUT2D eigenvalue weighted by Gasteiger charge is -2.34. The smallest absolute Gasteiger partial charge is 0.108 e. The first-order valence-electron chi connectivity index (χ1n) is 13.0. The summed E-state index contributed by atoms with van der Waals surface area (Å²) in [4.78, 5) is 2.71. The van der Waals surface area contributed by atoms with E-state index in [2.05, 4.69) is 44.4 Å². The predicted molar refractivity (Wildman–Crippen MR) is 128 cm³/mol. The second-order valence-electron chi connectivity index (χ2n) is 9.39. The van der Waals surface area contributed by atoms with E-state index in [1.54, 1.807) is 0 Å². The van der Waals surface area contributed by atoms with Crippen LogP contribution in [0, 0.1) is 23.7 Å². The van der Waals surface area contributed by atoms with Gasteiger partial charge in [0, 0.05) is 25.6 Å². The topological polar surface area (TPSA) is 12.5 Å². The van der Waals surface area contributed by atoms with Crippen molar-refractivity contribution in [3.8, 4) is 11.8 Å². The van der Waals surface area contributed by atoms with Crippen molar-refractivity contribution in [3.63, 3.8) is 0 Å². The molecule has 0 radical (unpaired) electrons. The third-order valence-corrected chi connectivity index (χ3v) is 6.46. The number of unbranched alkanes of at least 4 members (excludes halogenated alkanes) is 6. The summed E-state index contributed by atoms with van der Waals surface area (Å²) in [5, 5.41) is 0. The fourth-order valence-corrected chi connectivity index (χ4v) is 4.45. The summed E-state index contributed by atoms with van der Waals surface area (Å²) in [5.41, 5.74) is 0. The molecule has 0 aromatic carbocycles. The van der Waals surface area contributed by atoms with Gasteiger partial charge in [0.05, 0.1) is 6.10 Å². The molecule has 2 unspecified atom stereocenters. The van der Waals surface area contributed by atoms with E-state index in [1.807, 2.05) is 0 Å². The van der Waals surface area contributed by atoms with E-state index in [-0.39, 0.29) is 0 Å². The average molecular weight is 406 g/mol. The van der Waals surface area contributed by atoms with E-state index < -0.39 is 0 Å². The van der Waals surface area contributed by atoms with Crippen molar-refractivity contribution in [2.45, 2.75) is 124 Å². The van der Waals surface area contributed by atoms with Crippen LogP contribution >= 0.6 is 0 Å². The van der Waals surface area contributed by atoms with Gasteiger partial charge in [0.2, 0.25) is 0 Å². The molecule has 0 aromatic heterocycles. The SMILES string of the molecule is CCCCCCC(CCCC)CN1CCC(OCC#CC(C)CCCCC)CC1. The van der Waals surface area contributed by atoms with E-state index in [1.165, 1.54) is 110 Å². The van der Waals surface area contributed by atoms with Crippen LogP contribution in [0.2, 0.25) is 0 Å². The van der Waals surface area contributed by atoms with Crippen molar-refractivity contribution >= 4 is 0 Å². The standard InChI is InChI=1S/C27H51NO/c1-5-8-11-13-18-26(17-10-7-3)24-28-21-19-27(20-22-28)29-23-14-16-25(4)15-12-9-6-2/h25-27H,5-13,15,17-24H2,1-4H3. The Morgan fingerprint density at radius 1 is 0.828 bits per heavy atom.